The van der Waals surface area contributed by atoms with E-state index in [-0.39, 0.29) is 53.2 Å². The molecular weight excluding hydrogens is 743 g/mol. The molecule has 304 valence electrons. The Balaban J connectivity index is 0.853. The van der Waals surface area contributed by atoms with Gasteiger partial charge in [0.05, 0.1) is 37.1 Å². The smallest absolute Gasteiger partial charge is 0.342 e. The molecule has 3 saturated heterocycles. The Labute approximate surface area is 328 Å². The van der Waals surface area contributed by atoms with E-state index in [0.717, 1.165) is 56.5 Å². The molecule has 57 heavy (non-hydrogen) atoms. The quantitative estimate of drug-likeness (QED) is 0.248. The summed E-state index contributed by atoms with van der Waals surface area (Å²) in [6.07, 6.45) is 6.24. The second-order valence-corrected chi connectivity index (χ2v) is 15.8. The molecule has 17 heteroatoms. The molecule has 2 aromatic carbocycles. The van der Waals surface area contributed by atoms with Gasteiger partial charge >= 0.3 is 5.92 Å². The predicted octanol–water partition coefficient (Wildman–Crippen LogP) is 4.12. The maximum absolute atomic E-state index is 15.2. The van der Waals surface area contributed by atoms with Crippen molar-refractivity contribution in [3.05, 3.63) is 59.5 Å². The van der Waals surface area contributed by atoms with Crippen LogP contribution in [0.5, 0.6) is 5.75 Å². The van der Waals surface area contributed by atoms with E-state index in [1.165, 1.54) is 26.4 Å². The average molecular weight is 792 g/mol. The van der Waals surface area contributed by atoms with Crippen LogP contribution in [-0.2, 0) is 9.59 Å². The number of methoxy groups -OCH3 is 1. The van der Waals surface area contributed by atoms with E-state index < -0.39 is 30.5 Å². The van der Waals surface area contributed by atoms with E-state index in [4.69, 9.17) is 4.74 Å². The number of fused-ring (bicyclic) bond motifs is 1. The summed E-state index contributed by atoms with van der Waals surface area (Å²) >= 11 is 0. The van der Waals surface area contributed by atoms with Gasteiger partial charge in [-0.05, 0) is 74.4 Å². The molecule has 2 atom stereocenters. The van der Waals surface area contributed by atoms with Crippen molar-refractivity contribution in [1.82, 2.24) is 25.5 Å². The number of alkyl halides is 2. The Kier molecular flexibility index (Phi) is 10.6. The molecule has 5 heterocycles. The van der Waals surface area contributed by atoms with Gasteiger partial charge in [0.15, 0.2) is 5.82 Å². The van der Waals surface area contributed by atoms with Gasteiger partial charge in [-0.1, -0.05) is 18.9 Å². The molecule has 3 amide bonds. The summed E-state index contributed by atoms with van der Waals surface area (Å²) in [6, 6.07) is 10.0. The van der Waals surface area contributed by atoms with Crippen LogP contribution in [0.1, 0.15) is 73.2 Å². The number of halogens is 3. The number of aliphatic hydroxyl groups excluding tert-OH is 1. The molecule has 4 aliphatic heterocycles. The number of carbonyl (C=O) groups excluding carboxylic acids is 3. The number of aliphatic hydroxyl groups is 1. The van der Waals surface area contributed by atoms with Gasteiger partial charge in [-0.2, -0.15) is 13.8 Å². The van der Waals surface area contributed by atoms with Crippen LogP contribution >= 0.6 is 0 Å². The lowest BCUT2D eigenvalue weighted by Crippen LogP contribution is -2.62. The van der Waals surface area contributed by atoms with Crippen LogP contribution in [0.2, 0.25) is 0 Å². The minimum Gasteiger partial charge on any atom is -0.495 e. The molecule has 3 aromatic rings. The fourth-order valence-electron chi connectivity index (χ4n) is 8.83. The molecule has 8 rings (SSSR count). The highest BCUT2D eigenvalue weighted by Crippen LogP contribution is 2.40. The Bertz CT molecular complexity index is 2020. The molecule has 0 bridgehead atoms. The summed E-state index contributed by atoms with van der Waals surface area (Å²) in [4.78, 5) is 54.2. The minimum atomic E-state index is -3.58. The van der Waals surface area contributed by atoms with E-state index in [1.807, 2.05) is 4.90 Å². The highest BCUT2D eigenvalue weighted by atomic mass is 19.3. The van der Waals surface area contributed by atoms with E-state index in [9.17, 15) is 19.5 Å². The van der Waals surface area contributed by atoms with Crippen molar-refractivity contribution in [3.8, 4) is 5.75 Å². The van der Waals surface area contributed by atoms with Crippen molar-refractivity contribution in [2.45, 2.75) is 87.6 Å². The molecule has 4 N–H and O–H groups in total. The molecule has 0 spiro atoms. The zero-order chi connectivity index (χ0) is 40.0. The number of nitrogens with one attached hydrogen (secondary N) is 3. The molecule has 14 nitrogen and oxygen atoms in total. The SMILES string of the molecule is COc1cc(C(=O)NC2CCN(C3CN(c4ccc(C5CCC(O)NC5=O)cc4F)C3)CC2)ccc1Nc1ncc2c(n1)N(C1CCCC1)CC(F)(F)C(=O)N2C. The lowest BCUT2D eigenvalue weighted by Gasteiger charge is -2.48. The second kappa shape index (κ2) is 15.6. The van der Waals surface area contributed by atoms with Gasteiger partial charge in [0.1, 0.15) is 23.5 Å². The van der Waals surface area contributed by atoms with Gasteiger partial charge in [-0.15, -0.1) is 0 Å². The first kappa shape index (κ1) is 38.7. The van der Waals surface area contributed by atoms with Crippen molar-refractivity contribution in [3.63, 3.8) is 0 Å². The Morgan fingerprint density at radius 2 is 1.74 bits per heavy atom. The summed E-state index contributed by atoms with van der Waals surface area (Å²) in [7, 11) is 2.79. The molecule has 1 aromatic heterocycles. The van der Waals surface area contributed by atoms with Crippen LogP contribution in [0.15, 0.2) is 42.6 Å². The molecule has 1 saturated carbocycles. The van der Waals surface area contributed by atoms with Crippen molar-refractivity contribution in [1.29, 1.82) is 0 Å². The first-order valence-electron chi connectivity index (χ1n) is 19.7. The third kappa shape index (κ3) is 7.78. The average Bonchev–Trinajstić information content (AvgIpc) is 3.70. The van der Waals surface area contributed by atoms with Crippen LogP contribution in [0.4, 0.5) is 42.0 Å². The normalized spacial score (nSPS) is 23.4. The van der Waals surface area contributed by atoms with E-state index in [1.54, 1.807) is 35.2 Å². The number of rotatable bonds is 9. The summed E-state index contributed by atoms with van der Waals surface area (Å²) < 4.78 is 50.8. The van der Waals surface area contributed by atoms with Crippen molar-refractivity contribution >= 4 is 46.5 Å². The number of anilines is 5. The number of hydrogen-bond acceptors (Lipinski definition) is 11. The van der Waals surface area contributed by atoms with E-state index in [2.05, 4.69) is 30.8 Å². The summed E-state index contributed by atoms with van der Waals surface area (Å²) in [5.74, 6) is -5.48. The fourth-order valence-corrected chi connectivity index (χ4v) is 8.83. The van der Waals surface area contributed by atoms with Gasteiger partial charge in [0, 0.05) is 56.9 Å². The highest BCUT2D eigenvalue weighted by Gasteiger charge is 2.49. The largest absolute Gasteiger partial charge is 0.495 e. The van der Waals surface area contributed by atoms with Gasteiger partial charge < -0.3 is 40.5 Å². The van der Waals surface area contributed by atoms with Crippen LogP contribution in [0.25, 0.3) is 0 Å². The van der Waals surface area contributed by atoms with Crippen molar-refractivity contribution in [2.75, 3.05) is 66.9 Å². The minimum absolute atomic E-state index is 0.0232. The lowest BCUT2D eigenvalue weighted by molar-refractivity contribution is -0.140. The number of aromatic nitrogens is 2. The Morgan fingerprint density at radius 3 is 2.44 bits per heavy atom. The topological polar surface area (TPSA) is 156 Å². The number of ether oxygens (including phenoxy) is 1. The Morgan fingerprint density at radius 1 is 0.982 bits per heavy atom. The maximum Gasteiger partial charge on any atom is 0.342 e. The van der Waals surface area contributed by atoms with Crippen molar-refractivity contribution < 1.29 is 37.4 Å². The summed E-state index contributed by atoms with van der Waals surface area (Å²) in [6.45, 7) is 2.20. The lowest BCUT2D eigenvalue weighted by atomic mass is 9.89. The Hall–Kier alpha value is -5.16. The maximum atomic E-state index is 15.2. The van der Waals surface area contributed by atoms with Crippen molar-refractivity contribution in [2.24, 2.45) is 0 Å². The predicted molar refractivity (Wildman–Crippen MR) is 207 cm³/mol. The third-order valence-corrected chi connectivity index (χ3v) is 12.2. The molecule has 1 aliphatic carbocycles. The van der Waals surface area contributed by atoms with Gasteiger partial charge in [0.25, 0.3) is 11.8 Å². The third-order valence-electron chi connectivity index (χ3n) is 12.2. The van der Waals surface area contributed by atoms with Crippen LogP contribution in [-0.4, -0.2) is 115 Å². The highest BCUT2D eigenvalue weighted by molar-refractivity contribution is 6.02. The number of carbonyl (C=O) groups is 3. The summed E-state index contributed by atoms with van der Waals surface area (Å²) in [5, 5.41) is 18.4. The molecule has 5 aliphatic rings. The monoisotopic (exact) mass is 791 g/mol. The first-order valence-corrected chi connectivity index (χ1v) is 19.7. The number of nitrogens with zero attached hydrogens (tertiary/aromatic N) is 6. The van der Waals surface area contributed by atoms with Crippen LogP contribution < -0.4 is 35.4 Å². The number of benzene rings is 2. The van der Waals surface area contributed by atoms with E-state index in [0.29, 0.717) is 54.2 Å². The van der Waals surface area contributed by atoms with Gasteiger partial charge in [-0.3, -0.25) is 19.3 Å². The number of amides is 3. The number of piperidine rings is 2. The van der Waals surface area contributed by atoms with Gasteiger partial charge in [-0.25, -0.2) is 9.37 Å². The zero-order valence-electron chi connectivity index (χ0n) is 32.0. The molecule has 0 radical (unpaired) electrons. The molecule has 2 unspecified atom stereocenters. The fraction of sp³-hybridized carbons (Fsp3) is 0.525. The first-order chi connectivity index (χ1) is 27.4. The van der Waals surface area contributed by atoms with Crippen LogP contribution in [0.3, 0.4) is 0 Å². The summed E-state index contributed by atoms with van der Waals surface area (Å²) in [5.41, 5.74) is 2.21. The molecular formula is C40H48F3N9O5. The van der Waals surface area contributed by atoms with E-state index >= 15 is 13.2 Å². The number of likely N-dealkylation sites (tertiary alicyclic amines) is 1. The second-order valence-electron chi connectivity index (χ2n) is 15.8. The standard InChI is InChI=1S/C40H48F3N9O5/c1-49-32-19-44-39(48-35(32)52(26-5-3-4-6-26)22-40(42,43)38(49)56)46-30-10-7-24(18-33(30)57-2)36(54)45-25-13-15-50(16-14-25)27-20-51(21-27)31-11-8-23(17-29(31)41)28-9-12-34(53)47-37(28)55/h7-8,10-11,17-19,25-28,34,53H,3-6,9,12-16,20-22H2,1-2H3,(H,45,54)(H,47,55)(H,44,46,48). The van der Waals surface area contributed by atoms with Crippen LogP contribution in [0, 0.1) is 5.82 Å². The van der Waals surface area contributed by atoms with Gasteiger partial charge in [0.2, 0.25) is 11.9 Å². The molecule has 4 fully saturated rings. The number of hydrogen-bond donors (Lipinski definition) is 4. The zero-order valence-corrected chi connectivity index (χ0v) is 32.0.